The van der Waals surface area contributed by atoms with Crippen LogP contribution in [-0.4, -0.2) is 44.4 Å². The van der Waals surface area contributed by atoms with Crippen LogP contribution in [0.3, 0.4) is 0 Å². The molecule has 0 rings (SSSR count). The second-order valence-corrected chi connectivity index (χ2v) is 5.01. The van der Waals surface area contributed by atoms with Gasteiger partial charge in [0.2, 0.25) is 0 Å². The maximum Gasteiger partial charge on any atom is 0.407 e. The SMILES string of the molecule is CCC(=O)OCCOC(=O)NCCOC(=O)C(C)(C)CC. The van der Waals surface area contributed by atoms with E-state index in [-0.39, 0.29) is 44.7 Å². The van der Waals surface area contributed by atoms with Gasteiger partial charge in [-0.1, -0.05) is 13.8 Å². The maximum atomic E-state index is 11.6. The summed E-state index contributed by atoms with van der Waals surface area (Å²) in [7, 11) is 0. The Morgan fingerprint density at radius 2 is 1.57 bits per heavy atom. The standard InChI is InChI=1S/C14H25NO6/c1-5-11(16)19-9-10-21-13(18)15-7-8-20-12(17)14(3,4)6-2/h5-10H2,1-4H3,(H,15,18). The maximum absolute atomic E-state index is 11.6. The Hall–Kier alpha value is -1.79. The second-order valence-electron chi connectivity index (χ2n) is 5.01. The van der Waals surface area contributed by atoms with E-state index in [2.05, 4.69) is 5.32 Å². The molecule has 0 atom stereocenters. The highest BCUT2D eigenvalue weighted by Gasteiger charge is 2.26. The fraction of sp³-hybridized carbons (Fsp3) is 0.786. The zero-order valence-corrected chi connectivity index (χ0v) is 13.2. The Labute approximate surface area is 125 Å². The Morgan fingerprint density at radius 1 is 0.952 bits per heavy atom. The predicted octanol–water partition coefficient (Wildman–Crippen LogP) is 1.65. The lowest BCUT2D eigenvalue weighted by molar-refractivity contribution is -0.153. The van der Waals surface area contributed by atoms with Gasteiger partial charge in [-0.3, -0.25) is 9.59 Å². The van der Waals surface area contributed by atoms with Crippen LogP contribution < -0.4 is 5.32 Å². The van der Waals surface area contributed by atoms with Gasteiger partial charge in [0, 0.05) is 6.42 Å². The van der Waals surface area contributed by atoms with E-state index in [9.17, 15) is 14.4 Å². The molecule has 21 heavy (non-hydrogen) atoms. The molecule has 7 nitrogen and oxygen atoms in total. The fourth-order valence-electron chi connectivity index (χ4n) is 1.08. The van der Waals surface area contributed by atoms with Gasteiger partial charge in [-0.25, -0.2) is 4.79 Å². The number of alkyl carbamates (subject to hydrolysis) is 1. The Bertz CT molecular complexity index is 353. The minimum absolute atomic E-state index is 0.0137. The molecule has 0 saturated carbocycles. The number of rotatable bonds is 9. The topological polar surface area (TPSA) is 90.9 Å². The lowest BCUT2D eigenvalue weighted by Crippen LogP contribution is -2.32. The number of hydrogen-bond donors (Lipinski definition) is 1. The number of ether oxygens (including phenoxy) is 3. The zero-order chi connectivity index (χ0) is 16.3. The van der Waals surface area contributed by atoms with Gasteiger partial charge >= 0.3 is 18.0 Å². The van der Waals surface area contributed by atoms with E-state index in [4.69, 9.17) is 14.2 Å². The highest BCUT2D eigenvalue weighted by molar-refractivity contribution is 5.75. The molecule has 1 amide bonds. The van der Waals surface area contributed by atoms with E-state index in [0.717, 1.165) is 0 Å². The molecule has 0 heterocycles. The first-order chi connectivity index (χ1) is 9.83. The van der Waals surface area contributed by atoms with Crippen molar-refractivity contribution in [3.05, 3.63) is 0 Å². The minimum atomic E-state index is -0.645. The van der Waals surface area contributed by atoms with Crippen LogP contribution in [0.1, 0.15) is 40.5 Å². The van der Waals surface area contributed by atoms with Crippen LogP contribution in [0.25, 0.3) is 0 Å². The number of hydrogen-bond acceptors (Lipinski definition) is 6. The van der Waals surface area contributed by atoms with Crippen molar-refractivity contribution in [3.63, 3.8) is 0 Å². The number of nitrogens with one attached hydrogen (secondary N) is 1. The molecular weight excluding hydrogens is 278 g/mol. The van der Waals surface area contributed by atoms with E-state index in [1.807, 2.05) is 6.92 Å². The van der Waals surface area contributed by atoms with Crippen LogP contribution >= 0.6 is 0 Å². The number of carbonyl (C=O) groups excluding carboxylic acids is 3. The summed E-state index contributed by atoms with van der Waals surface area (Å²) in [6.07, 6.45) is 0.317. The van der Waals surface area contributed by atoms with E-state index >= 15 is 0 Å². The third-order valence-electron chi connectivity index (χ3n) is 2.91. The third-order valence-corrected chi connectivity index (χ3v) is 2.91. The van der Waals surface area contributed by atoms with Crippen molar-refractivity contribution >= 4 is 18.0 Å². The number of esters is 2. The summed E-state index contributed by atoms with van der Waals surface area (Å²) < 4.78 is 14.5. The van der Waals surface area contributed by atoms with E-state index in [1.54, 1.807) is 20.8 Å². The van der Waals surface area contributed by atoms with Crippen LogP contribution in [0.2, 0.25) is 0 Å². The average molecular weight is 303 g/mol. The smallest absolute Gasteiger partial charge is 0.407 e. The van der Waals surface area contributed by atoms with E-state index in [1.165, 1.54) is 0 Å². The van der Waals surface area contributed by atoms with Gasteiger partial charge < -0.3 is 19.5 Å². The normalized spacial score (nSPS) is 10.7. The van der Waals surface area contributed by atoms with Crippen molar-refractivity contribution in [3.8, 4) is 0 Å². The quantitative estimate of drug-likeness (QED) is 0.395. The van der Waals surface area contributed by atoms with Gasteiger partial charge in [-0.15, -0.1) is 0 Å². The molecule has 0 aliphatic carbocycles. The van der Waals surface area contributed by atoms with Gasteiger partial charge in [-0.2, -0.15) is 0 Å². The molecule has 0 aromatic rings. The van der Waals surface area contributed by atoms with Crippen LogP contribution in [0.4, 0.5) is 4.79 Å². The molecule has 122 valence electrons. The summed E-state index contributed by atoms with van der Waals surface area (Å²) in [6, 6.07) is 0. The van der Waals surface area contributed by atoms with Crippen molar-refractivity contribution in [1.29, 1.82) is 0 Å². The average Bonchev–Trinajstić information content (AvgIpc) is 2.47. The van der Waals surface area contributed by atoms with Crippen molar-refractivity contribution in [2.45, 2.75) is 40.5 Å². The van der Waals surface area contributed by atoms with Gasteiger partial charge in [0.25, 0.3) is 0 Å². The Morgan fingerprint density at radius 3 is 2.14 bits per heavy atom. The molecule has 0 aliphatic rings. The molecular formula is C14H25NO6. The third kappa shape index (κ3) is 8.88. The van der Waals surface area contributed by atoms with E-state index < -0.39 is 11.5 Å². The molecule has 0 aliphatic heterocycles. The Kier molecular flexibility index (Phi) is 9.16. The van der Waals surface area contributed by atoms with Crippen molar-refractivity contribution in [2.75, 3.05) is 26.4 Å². The van der Waals surface area contributed by atoms with Crippen molar-refractivity contribution in [2.24, 2.45) is 5.41 Å². The largest absolute Gasteiger partial charge is 0.463 e. The first kappa shape index (κ1) is 19.2. The molecule has 0 aromatic carbocycles. The highest BCUT2D eigenvalue weighted by atomic mass is 16.6. The molecule has 0 saturated heterocycles. The van der Waals surface area contributed by atoms with Gasteiger partial charge in [0.1, 0.15) is 19.8 Å². The molecule has 7 heteroatoms. The lowest BCUT2D eigenvalue weighted by Gasteiger charge is -2.20. The molecule has 0 radical (unpaired) electrons. The summed E-state index contributed by atoms with van der Waals surface area (Å²) in [5, 5.41) is 2.43. The first-order valence-corrected chi connectivity index (χ1v) is 7.07. The van der Waals surface area contributed by atoms with Gasteiger partial charge in [0.05, 0.1) is 12.0 Å². The summed E-state index contributed by atoms with van der Waals surface area (Å²) in [5.41, 5.74) is -0.524. The van der Waals surface area contributed by atoms with Crippen molar-refractivity contribution < 1.29 is 28.6 Å². The first-order valence-electron chi connectivity index (χ1n) is 7.07. The molecule has 1 N–H and O–H groups in total. The molecule has 0 spiro atoms. The van der Waals surface area contributed by atoms with Crippen LogP contribution in [0.5, 0.6) is 0 Å². The molecule has 0 fully saturated rings. The van der Waals surface area contributed by atoms with E-state index in [0.29, 0.717) is 6.42 Å². The summed E-state index contributed by atoms with van der Waals surface area (Å²) in [5.74, 6) is -0.642. The summed E-state index contributed by atoms with van der Waals surface area (Å²) in [4.78, 5) is 33.7. The number of carbonyl (C=O) groups is 3. The fourth-order valence-corrected chi connectivity index (χ4v) is 1.08. The van der Waals surface area contributed by atoms with Crippen LogP contribution in [0.15, 0.2) is 0 Å². The molecule has 0 aromatic heterocycles. The second kappa shape index (κ2) is 10.0. The Balaban J connectivity index is 3.63. The summed E-state index contributed by atoms with van der Waals surface area (Å²) >= 11 is 0. The predicted molar refractivity (Wildman–Crippen MR) is 75.6 cm³/mol. The monoisotopic (exact) mass is 303 g/mol. The highest BCUT2D eigenvalue weighted by Crippen LogP contribution is 2.21. The zero-order valence-electron chi connectivity index (χ0n) is 13.2. The van der Waals surface area contributed by atoms with Crippen LogP contribution in [0, 0.1) is 5.41 Å². The lowest BCUT2D eigenvalue weighted by atomic mass is 9.91. The minimum Gasteiger partial charge on any atom is -0.463 e. The molecule has 0 unspecified atom stereocenters. The van der Waals surface area contributed by atoms with Crippen LogP contribution in [-0.2, 0) is 23.8 Å². The molecule has 0 bridgehead atoms. The number of amides is 1. The van der Waals surface area contributed by atoms with Gasteiger partial charge in [-0.05, 0) is 20.3 Å². The summed E-state index contributed by atoms with van der Waals surface area (Å²) in [6.45, 7) is 7.45. The van der Waals surface area contributed by atoms with Gasteiger partial charge in [0.15, 0.2) is 0 Å². The van der Waals surface area contributed by atoms with Crippen molar-refractivity contribution in [1.82, 2.24) is 5.32 Å².